The number of hydrogen-bond donors (Lipinski definition) is 0. The first-order valence-electron chi connectivity index (χ1n) is 4.96. The van der Waals surface area contributed by atoms with E-state index in [1.165, 1.54) is 4.88 Å². The van der Waals surface area contributed by atoms with Crippen molar-refractivity contribution in [2.24, 2.45) is 0 Å². The van der Waals surface area contributed by atoms with Crippen LogP contribution in [0.3, 0.4) is 0 Å². The molecule has 0 aliphatic heterocycles. The molecule has 16 heavy (non-hydrogen) atoms. The van der Waals surface area contributed by atoms with E-state index in [-0.39, 0.29) is 5.38 Å². The van der Waals surface area contributed by atoms with Gasteiger partial charge in [0.15, 0.2) is 0 Å². The van der Waals surface area contributed by atoms with Crippen molar-refractivity contribution in [3.63, 3.8) is 0 Å². The highest BCUT2D eigenvalue weighted by Gasteiger charge is 2.10. The highest BCUT2D eigenvalue weighted by atomic mass is 79.9. The monoisotopic (exact) mass is 319 g/mol. The van der Waals surface area contributed by atoms with E-state index in [9.17, 15) is 0 Å². The Hall–Kier alpha value is -0.390. The molecule has 2 aromatic rings. The van der Waals surface area contributed by atoms with Gasteiger partial charge in [-0.1, -0.05) is 12.1 Å². The van der Waals surface area contributed by atoms with E-state index in [0.29, 0.717) is 0 Å². The molecule has 86 valence electrons. The van der Waals surface area contributed by atoms with E-state index in [1.54, 1.807) is 11.3 Å². The number of thiophene rings is 1. The van der Waals surface area contributed by atoms with Crippen molar-refractivity contribution in [2.75, 3.05) is 0 Å². The van der Waals surface area contributed by atoms with Crippen LogP contribution in [-0.4, -0.2) is 15.0 Å². The van der Waals surface area contributed by atoms with Gasteiger partial charge in [-0.3, -0.25) is 0 Å². The zero-order valence-electron chi connectivity index (χ0n) is 8.73. The molecule has 0 bridgehead atoms. The van der Waals surface area contributed by atoms with Crippen LogP contribution in [0, 0.1) is 0 Å². The quantitative estimate of drug-likeness (QED) is 0.801. The molecule has 0 aliphatic rings. The highest BCUT2D eigenvalue weighted by Crippen LogP contribution is 2.23. The van der Waals surface area contributed by atoms with E-state index in [0.717, 1.165) is 23.1 Å². The average molecular weight is 321 g/mol. The lowest BCUT2D eigenvalue weighted by molar-refractivity contribution is 0.655. The van der Waals surface area contributed by atoms with Crippen molar-refractivity contribution >= 4 is 38.9 Å². The van der Waals surface area contributed by atoms with Crippen LogP contribution in [0.5, 0.6) is 0 Å². The van der Waals surface area contributed by atoms with Crippen molar-refractivity contribution in [1.29, 1.82) is 0 Å². The van der Waals surface area contributed by atoms with Crippen molar-refractivity contribution in [1.82, 2.24) is 15.0 Å². The van der Waals surface area contributed by atoms with Gasteiger partial charge in [-0.25, -0.2) is 4.68 Å². The van der Waals surface area contributed by atoms with Crippen molar-refractivity contribution < 1.29 is 0 Å². The standard InChI is InChI=1S/C10H11BrClN3S/c1-2-9(12)10-5-15(14-13-10)4-8-3-7(11)6-16-8/h3,5-6,9H,2,4H2,1H3. The van der Waals surface area contributed by atoms with Gasteiger partial charge in [0.1, 0.15) is 5.69 Å². The first kappa shape index (κ1) is 12.1. The second kappa shape index (κ2) is 5.29. The Morgan fingerprint density at radius 1 is 1.62 bits per heavy atom. The van der Waals surface area contributed by atoms with Gasteiger partial charge < -0.3 is 0 Å². The lowest BCUT2D eigenvalue weighted by atomic mass is 10.3. The molecule has 0 N–H and O–H groups in total. The molecule has 1 atom stereocenters. The molecule has 2 rings (SSSR count). The molecule has 0 fully saturated rings. The zero-order chi connectivity index (χ0) is 11.5. The van der Waals surface area contributed by atoms with E-state index in [1.807, 2.05) is 17.8 Å². The number of rotatable bonds is 4. The summed E-state index contributed by atoms with van der Waals surface area (Å²) in [4.78, 5) is 1.24. The predicted molar refractivity (Wildman–Crippen MR) is 70.0 cm³/mol. The molecule has 1 unspecified atom stereocenters. The third kappa shape index (κ3) is 2.84. The van der Waals surface area contributed by atoms with Crippen LogP contribution in [0.4, 0.5) is 0 Å². The number of aromatic nitrogens is 3. The highest BCUT2D eigenvalue weighted by molar-refractivity contribution is 9.10. The molecule has 6 heteroatoms. The fourth-order valence-corrected chi connectivity index (χ4v) is 2.88. The van der Waals surface area contributed by atoms with Gasteiger partial charge in [-0.15, -0.1) is 28.0 Å². The van der Waals surface area contributed by atoms with Gasteiger partial charge in [0.2, 0.25) is 0 Å². The molecule has 2 aromatic heterocycles. The molecule has 2 heterocycles. The number of alkyl halides is 1. The van der Waals surface area contributed by atoms with Gasteiger partial charge in [0.05, 0.1) is 18.1 Å². The first-order chi connectivity index (χ1) is 7.69. The van der Waals surface area contributed by atoms with E-state index in [2.05, 4.69) is 37.7 Å². The van der Waals surface area contributed by atoms with Gasteiger partial charge >= 0.3 is 0 Å². The van der Waals surface area contributed by atoms with Crippen molar-refractivity contribution in [2.45, 2.75) is 25.3 Å². The Kier molecular flexibility index (Phi) is 4.00. The Labute approximate surface area is 112 Å². The number of hydrogen-bond acceptors (Lipinski definition) is 3. The Balaban J connectivity index is 2.08. The van der Waals surface area contributed by atoms with Crippen LogP contribution in [0.2, 0.25) is 0 Å². The summed E-state index contributed by atoms with van der Waals surface area (Å²) in [5.41, 5.74) is 0.847. The van der Waals surface area contributed by atoms with Crippen LogP contribution in [0.25, 0.3) is 0 Å². The second-order valence-electron chi connectivity index (χ2n) is 3.45. The third-order valence-corrected chi connectivity index (χ3v) is 4.39. The van der Waals surface area contributed by atoms with Gasteiger partial charge in [0.25, 0.3) is 0 Å². The molecule has 0 saturated heterocycles. The summed E-state index contributed by atoms with van der Waals surface area (Å²) in [6.07, 6.45) is 2.78. The van der Waals surface area contributed by atoms with Gasteiger partial charge in [0, 0.05) is 14.7 Å². The third-order valence-electron chi connectivity index (χ3n) is 2.18. The van der Waals surface area contributed by atoms with E-state index in [4.69, 9.17) is 11.6 Å². The molecule has 0 aromatic carbocycles. The lowest BCUT2D eigenvalue weighted by Gasteiger charge is -1.98. The molecule has 0 aliphatic carbocycles. The largest absolute Gasteiger partial charge is 0.247 e. The molecule has 0 amide bonds. The summed E-state index contributed by atoms with van der Waals surface area (Å²) >= 11 is 11.2. The molecular formula is C10H11BrClN3S. The maximum Gasteiger partial charge on any atom is 0.101 e. The van der Waals surface area contributed by atoms with Crippen LogP contribution in [0.1, 0.15) is 29.3 Å². The maximum atomic E-state index is 6.09. The predicted octanol–water partition coefficient (Wildman–Crippen LogP) is 3.84. The number of halogens is 2. The zero-order valence-corrected chi connectivity index (χ0v) is 11.9. The summed E-state index contributed by atoms with van der Waals surface area (Å²) in [6, 6.07) is 2.09. The van der Waals surface area contributed by atoms with Gasteiger partial charge in [-0.2, -0.15) is 0 Å². The minimum atomic E-state index is -0.0381. The molecule has 0 saturated carbocycles. The Bertz CT molecular complexity index is 468. The van der Waals surface area contributed by atoms with Crippen LogP contribution in [0.15, 0.2) is 22.1 Å². The SMILES string of the molecule is CCC(Cl)c1cn(Cc2cc(Br)cs2)nn1. The molecule has 0 radical (unpaired) electrons. The fraction of sp³-hybridized carbons (Fsp3) is 0.400. The smallest absolute Gasteiger partial charge is 0.101 e. The average Bonchev–Trinajstić information content (AvgIpc) is 2.87. The fourth-order valence-electron chi connectivity index (χ4n) is 1.34. The van der Waals surface area contributed by atoms with Crippen LogP contribution < -0.4 is 0 Å². The minimum Gasteiger partial charge on any atom is -0.247 e. The minimum absolute atomic E-state index is 0.0381. The summed E-state index contributed by atoms with van der Waals surface area (Å²) < 4.78 is 2.93. The van der Waals surface area contributed by atoms with E-state index >= 15 is 0 Å². The van der Waals surface area contributed by atoms with Crippen molar-refractivity contribution in [3.05, 3.63) is 32.7 Å². The van der Waals surface area contributed by atoms with E-state index < -0.39 is 0 Å². The molecule has 3 nitrogen and oxygen atoms in total. The lowest BCUT2D eigenvalue weighted by Crippen LogP contribution is -1.98. The van der Waals surface area contributed by atoms with Crippen molar-refractivity contribution in [3.8, 4) is 0 Å². The molecular weight excluding hydrogens is 310 g/mol. The maximum absolute atomic E-state index is 6.09. The summed E-state index contributed by atoms with van der Waals surface area (Å²) in [7, 11) is 0. The summed E-state index contributed by atoms with van der Waals surface area (Å²) in [6.45, 7) is 2.78. The Morgan fingerprint density at radius 2 is 2.44 bits per heavy atom. The normalized spacial score (nSPS) is 12.9. The molecule has 0 spiro atoms. The topological polar surface area (TPSA) is 30.7 Å². The summed E-state index contributed by atoms with van der Waals surface area (Å²) in [5, 5.41) is 10.1. The number of nitrogens with zero attached hydrogens (tertiary/aromatic N) is 3. The van der Waals surface area contributed by atoms with Gasteiger partial charge in [-0.05, 0) is 28.4 Å². The second-order valence-corrected chi connectivity index (χ2v) is 5.89. The first-order valence-corrected chi connectivity index (χ1v) is 7.07. The Morgan fingerprint density at radius 3 is 3.06 bits per heavy atom. The summed E-state index contributed by atoms with van der Waals surface area (Å²) in [5.74, 6) is 0. The van der Waals surface area contributed by atoms with Crippen LogP contribution >= 0.6 is 38.9 Å². The van der Waals surface area contributed by atoms with Crippen LogP contribution in [-0.2, 0) is 6.54 Å².